The molecule has 0 bridgehead atoms. The van der Waals surface area contributed by atoms with Crippen LogP contribution in [0.25, 0.3) is 0 Å². The molecule has 1 fully saturated rings. The number of carbonyl (C=O) groups excluding carboxylic acids is 3. The van der Waals surface area contributed by atoms with Crippen molar-refractivity contribution in [3.05, 3.63) is 0 Å². The molecule has 1 atom stereocenters. The van der Waals surface area contributed by atoms with Crippen LogP contribution in [0, 0.1) is 0 Å². The average Bonchev–Trinajstić information content (AvgIpc) is 2.57. The summed E-state index contributed by atoms with van der Waals surface area (Å²) in [5.74, 6) is -1.82. The highest BCUT2D eigenvalue weighted by molar-refractivity contribution is 5.97. The maximum absolute atomic E-state index is 11.3. The molecule has 0 radical (unpaired) electrons. The van der Waals surface area contributed by atoms with E-state index in [1.165, 1.54) is 6.42 Å². The molecule has 1 heterocycles. The van der Waals surface area contributed by atoms with E-state index < -0.39 is 24.0 Å². The number of hydrogen-bond donors (Lipinski definition) is 0. The Hall–Kier alpha value is -1.39. The van der Waals surface area contributed by atoms with Gasteiger partial charge < -0.3 is 9.47 Å². The zero-order chi connectivity index (χ0) is 12.7. The van der Waals surface area contributed by atoms with Crippen LogP contribution < -0.4 is 0 Å². The second-order valence-electron chi connectivity index (χ2n) is 4.14. The summed E-state index contributed by atoms with van der Waals surface area (Å²) in [6.45, 7) is 2.12. The summed E-state index contributed by atoms with van der Waals surface area (Å²) in [5.41, 5.74) is 0. The summed E-state index contributed by atoms with van der Waals surface area (Å²) >= 11 is 0. The summed E-state index contributed by atoms with van der Waals surface area (Å²) in [7, 11) is 0. The van der Waals surface area contributed by atoms with E-state index in [1.807, 2.05) is 0 Å². The molecule has 1 rings (SSSR count). The number of carbonyl (C=O) groups is 3. The van der Waals surface area contributed by atoms with Gasteiger partial charge in [0.05, 0.1) is 6.42 Å². The van der Waals surface area contributed by atoms with E-state index in [2.05, 4.69) is 11.7 Å². The quantitative estimate of drug-likeness (QED) is 0.386. The van der Waals surface area contributed by atoms with Gasteiger partial charge in [-0.05, 0) is 6.42 Å². The standard InChI is InChI=1S/C12H18O5/c1-2-3-4-5-6-7-10(13)16-9-8-11(14)17-12(9)15/h9H,2-8H2,1H3. The lowest BCUT2D eigenvalue weighted by Gasteiger charge is -2.07. The lowest BCUT2D eigenvalue weighted by atomic mass is 10.1. The topological polar surface area (TPSA) is 69.7 Å². The van der Waals surface area contributed by atoms with Crippen molar-refractivity contribution >= 4 is 17.9 Å². The fourth-order valence-corrected chi connectivity index (χ4v) is 1.63. The van der Waals surface area contributed by atoms with Crippen LogP contribution in [0.5, 0.6) is 0 Å². The van der Waals surface area contributed by atoms with Crippen molar-refractivity contribution in [3.8, 4) is 0 Å². The van der Waals surface area contributed by atoms with Gasteiger partial charge in [0.1, 0.15) is 0 Å². The first kappa shape index (κ1) is 13.7. The highest BCUT2D eigenvalue weighted by atomic mass is 16.6. The van der Waals surface area contributed by atoms with Crippen molar-refractivity contribution in [1.82, 2.24) is 0 Å². The molecule has 0 aromatic carbocycles. The fraction of sp³-hybridized carbons (Fsp3) is 0.750. The first-order valence-electron chi connectivity index (χ1n) is 6.07. The number of unbranched alkanes of at least 4 members (excludes halogenated alkanes) is 4. The third kappa shape index (κ3) is 4.97. The van der Waals surface area contributed by atoms with Gasteiger partial charge in [0, 0.05) is 6.42 Å². The number of cyclic esters (lactones) is 2. The monoisotopic (exact) mass is 242 g/mol. The SMILES string of the molecule is CCCCCCCC(=O)OC1CC(=O)OC1=O. The molecule has 5 nitrogen and oxygen atoms in total. The van der Waals surface area contributed by atoms with Gasteiger partial charge in [-0.1, -0.05) is 32.6 Å². The zero-order valence-corrected chi connectivity index (χ0v) is 10.1. The number of rotatable bonds is 7. The summed E-state index contributed by atoms with van der Waals surface area (Å²) in [6, 6.07) is 0. The van der Waals surface area contributed by atoms with Crippen molar-refractivity contribution < 1.29 is 23.9 Å². The van der Waals surface area contributed by atoms with Crippen LogP contribution in [0.1, 0.15) is 51.9 Å². The van der Waals surface area contributed by atoms with Gasteiger partial charge in [0.25, 0.3) is 0 Å². The van der Waals surface area contributed by atoms with Crippen LogP contribution in [-0.2, 0) is 23.9 Å². The number of esters is 3. The van der Waals surface area contributed by atoms with Gasteiger partial charge in [0.15, 0.2) is 0 Å². The lowest BCUT2D eigenvalue weighted by molar-refractivity contribution is -0.162. The molecule has 5 heteroatoms. The summed E-state index contributed by atoms with van der Waals surface area (Å²) in [5, 5.41) is 0. The zero-order valence-electron chi connectivity index (χ0n) is 10.1. The molecule has 1 unspecified atom stereocenters. The number of hydrogen-bond acceptors (Lipinski definition) is 5. The first-order chi connectivity index (χ1) is 8.13. The molecule has 0 aromatic rings. The summed E-state index contributed by atoms with van der Waals surface area (Å²) < 4.78 is 9.14. The van der Waals surface area contributed by atoms with Crippen LogP contribution in [0.15, 0.2) is 0 Å². The van der Waals surface area contributed by atoms with E-state index in [-0.39, 0.29) is 6.42 Å². The van der Waals surface area contributed by atoms with Gasteiger partial charge in [-0.2, -0.15) is 0 Å². The summed E-state index contributed by atoms with van der Waals surface area (Å²) in [6.07, 6.45) is 4.28. The minimum absolute atomic E-state index is 0.152. The predicted molar refractivity (Wildman–Crippen MR) is 59.0 cm³/mol. The van der Waals surface area contributed by atoms with Crippen molar-refractivity contribution in [1.29, 1.82) is 0 Å². The average molecular weight is 242 g/mol. The second-order valence-corrected chi connectivity index (χ2v) is 4.14. The van der Waals surface area contributed by atoms with Crippen LogP contribution in [0.4, 0.5) is 0 Å². The van der Waals surface area contributed by atoms with Gasteiger partial charge in [-0.15, -0.1) is 0 Å². The largest absolute Gasteiger partial charge is 0.450 e. The smallest absolute Gasteiger partial charge is 0.355 e. The van der Waals surface area contributed by atoms with Crippen molar-refractivity contribution in [3.63, 3.8) is 0 Å². The van der Waals surface area contributed by atoms with E-state index in [1.54, 1.807) is 0 Å². The third-order valence-corrected chi connectivity index (χ3v) is 2.59. The Bertz CT molecular complexity index is 297. The molecular formula is C12H18O5. The maximum atomic E-state index is 11.3. The van der Waals surface area contributed by atoms with Crippen LogP contribution in [0.2, 0.25) is 0 Å². The predicted octanol–water partition coefficient (Wildman–Crippen LogP) is 1.73. The molecule has 0 spiro atoms. The molecule has 96 valence electrons. The van der Waals surface area contributed by atoms with Gasteiger partial charge in [-0.3, -0.25) is 9.59 Å². The maximum Gasteiger partial charge on any atom is 0.355 e. The van der Waals surface area contributed by atoms with E-state index in [9.17, 15) is 14.4 Å². The second kappa shape index (κ2) is 7.04. The van der Waals surface area contributed by atoms with E-state index in [4.69, 9.17) is 4.74 Å². The van der Waals surface area contributed by atoms with Crippen molar-refractivity contribution in [2.24, 2.45) is 0 Å². The van der Waals surface area contributed by atoms with E-state index in [0.29, 0.717) is 6.42 Å². The minimum Gasteiger partial charge on any atom is -0.450 e. The number of ether oxygens (including phenoxy) is 2. The Kier molecular flexibility index (Phi) is 5.66. The Balaban J connectivity index is 2.12. The normalized spacial score (nSPS) is 19.2. The van der Waals surface area contributed by atoms with Crippen molar-refractivity contribution in [2.45, 2.75) is 58.0 Å². The molecular weight excluding hydrogens is 224 g/mol. The first-order valence-corrected chi connectivity index (χ1v) is 6.07. The Morgan fingerprint density at radius 2 is 2.00 bits per heavy atom. The lowest BCUT2D eigenvalue weighted by Crippen LogP contribution is -2.22. The molecule has 0 aliphatic carbocycles. The van der Waals surface area contributed by atoms with Crippen molar-refractivity contribution in [2.75, 3.05) is 0 Å². The Morgan fingerprint density at radius 3 is 2.59 bits per heavy atom. The molecule has 0 saturated carbocycles. The Labute approximate surface area is 100 Å². The highest BCUT2D eigenvalue weighted by Gasteiger charge is 2.36. The highest BCUT2D eigenvalue weighted by Crippen LogP contribution is 2.14. The van der Waals surface area contributed by atoms with E-state index in [0.717, 1.165) is 25.7 Å². The summed E-state index contributed by atoms with van der Waals surface area (Å²) in [4.78, 5) is 33.1. The van der Waals surface area contributed by atoms with Crippen LogP contribution >= 0.6 is 0 Å². The minimum atomic E-state index is -1.02. The molecule has 0 N–H and O–H groups in total. The Morgan fingerprint density at radius 1 is 1.29 bits per heavy atom. The molecule has 1 aliphatic rings. The molecule has 1 saturated heterocycles. The third-order valence-electron chi connectivity index (χ3n) is 2.59. The van der Waals surface area contributed by atoms with Gasteiger partial charge in [0.2, 0.25) is 6.10 Å². The van der Waals surface area contributed by atoms with Gasteiger partial charge in [-0.25, -0.2) is 4.79 Å². The van der Waals surface area contributed by atoms with Crippen LogP contribution in [0.3, 0.4) is 0 Å². The molecule has 17 heavy (non-hydrogen) atoms. The fourth-order valence-electron chi connectivity index (χ4n) is 1.63. The molecule has 1 aliphatic heterocycles. The molecule has 0 amide bonds. The van der Waals surface area contributed by atoms with Crippen LogP contribution in [-0.4, -0.2) is 24.0 Å². The molecule has 0 aromatic heterocycles. The van der Waals surface area contributed by atoms with E-state index >= 15 is 0 Å². The van der Waals surface area contributed by atoms with Gasteiger partial charge >= 0.3 is 17.9 Å².